The molecule has 5 heteroatoms. The van der Waals surface area contributed by atoms with Crippen molar-refractivity contribution < 1.29 is 0 Å². The maximum atomic E-state index is 11.8. The van der Waals surface area contributed by atoms with Gasteiger partial charge < -0.3 is 5.32 Å². The predicted octanol–water partition coefficient (Wildman–Crippen LogP) is 2.92. The second kappa shape index (κ2) is 5.87. The van der Waals surface area contributed by atoms with Gasteiger partial charge in [-0.3, -0.25) is 4.79 Å². The summed E-state index contributed by atoms with van der Waals surface area (Å²) < 4.78 is 1.92. The van der Waals surface area contributed by atoms with Gasteiger partial charge in [-0.1, -0.05) is 26.2 Å². The van der Waals surface area contributed by atoms with E-state index in [4.69, 9.17) is 0 Å². The van der Waals surface area contributed by atoms with Crippen LogP contribution in [0.15, 0.2) is 15.5 Å². The lowest BCUT2D eigenvalue weighted by Crippen LogP contribution is -2.29. The SMILES string of the molecule is CCC1CCCC(Nc2cnn(C)c(=O)c2Br)C1. The molecule has 4 nitrogen and oxygen atoms in total. The molecule has 0 radical (unpaired) electrons. The van der Waals surface area contributed by atoms with Gasteiger partial charge in [-0.05, 0) is 34.7 Å². The Morgan fingerprint density at radius 1 is 1.56 bits per heavy atom. The summed E-state index contributed by atoms with van der Waals surface area (Å²) in [6, 6.07) is 0.467. The van der Waals surface area contributed by atoms with Crippen molar-refractivity contribution in [1.29, 1.82) is 0 Å². The minimum atomic E-state index is -0.0946. The number of hydrogen-bond donors (Lipinski definition) is 1. The molecule has 0 aromatic carbocycles. The van der Waals surface area contributed by atoms with Crippen LogP contribution >= 0.6 is 15.9 Å². The highest BCUT2D eigenvalue weighted by atomic mass is 79.9. The predicted molar refractivity (Wildman–Crippen MR) is 76.8 cm³/mol. The Bertz CT molecular complexity index is 472. The third-order valence-corrected chi connectivity index (χ3v) is 4.56. The quantitative estimate of drug-likeness (QED) is 0.933. The van der Waals surface area contributed by atoms with Gasteiger partial charge in [0.1, 0.15) is 4.47 Å². The first-order valence-electron chi connectivity index (χ1n) is 6.60. The number of nitrogens with zero attached hydrogens (tertiary/aromatic N) is 2. The molecule has 1 aliphatic carbocycles. The number of aromatic nitrogens is 2. The molecule has 1 aromatic rings. The van der Waals surface area contributed by atoms with Crippen molar-refractivity contribution in [3.63, 3.8) is 0 Å². The van der Waals surface area contributed by atoms with E-state index >= 15 is 0 Å². The van der Waals surface area contributed by atoms with E-state index in [9.17, 15) is 4.79 Å². The Kier molecular flexibility index (Phi) is 4.43. The highest BCUT2D eigenvalue weighted by Gasteiger charge is 2.21. The van der Waals surface area contributed by atoms with E-state index in [2.05, 4.69) is 33.3 Å². The number of aryl methyl sites for hydroxylation is 1. The van der Waals surface area contributed by atoms with Crippen molar-refractivity contribution in [2.24, 2.45) is 13.0 Å². The van der Waals surface area contributed by atoms with Gasteiger partial charge in [-0.25, -0.2) is 4.68 Å². The molecule has 0 saturated heterocycles. The van der Waals surface area contributed by atoms with Crippen LogP contribution in [0.25, 0.3) is 0 Å². The van der Waals surface area contributed by atoms with Gasteiger partial charge in [0, 0.05) is 13.1 Å². The van der Waals surface area contributed by atoms with Crippen molar-refractivity contribution >= 4 is 21.6 Å². The molecule has 2 unspecified atom stereocenters. The third kappa shape index (κ3) is 2.94. The molecule has 1 fully saturated rings. The molecule has 18 heavy (non-hydrogen) atoms. The van der Waals surface area contributed by atoms with E-state index in [0.717, 1.165) is 11.6 Å². The molecule has 0 aliphatic heterocycles. The van der Waals surface area contributed by atoms with E-state index in [1.54, 1.807) is 13.2 Å². The van der Waals surface area contributed by atoms with Crippen molar-refractivity contribution in [2.75, 3.05) is 5.32 Å². The molecule has 0 bridgehead atoms. The minimum Gasteiger partial charge on any atom is -0.380 e. The molecule has 1 aromatic heterocycles. The molecule has 1 N–H and O–H groups in total. The lowest BCUT2D eigenvalue weighted by atomic mass is 9.84. The first-order valence-corrected chi connectivity index (χ1v) is 7.39. The van der Waals surface area contributed by atoms with E-state index in [1.165, 1.54) is 36.8 Å². The molecule has 0 amide bonds. The standard InChI is InChI=1S/C13H20BrN3O/c1-3-9-5-4-6-10(7-9)16-11-8-15-17(2)13(18)12(11)14/h8-10,16H,3-7H2,1-2H3. The third-order valence-electron chi connectivity index (χ3n) is 3.80. The van der Waals surface area contributed by atoms with E-state index in [-0.39, 0.29) is 5.56 Å². The second-order valence-corrected chi connectivity index (χ2v) is 5.88. The van der Waals surface area contributed by atoms with Gasteiger partial charge in [0.2, 0.25) is 0 Å². The molecule has 2 rings (SSSR count). The second-order valence-electron chi connectivity index (χ2n) is 5.08. The molecular formula is C13H20BrN3O. The van der Waals surface area contributed by atoms with Gasteiger partial charge in [0.15, 0.2) is 0 Å². The van der Waals surface area contributed by atoms with Crippen molar-refractivity contribution in [1.82, 2.24) is 9.78 Å². The van der Waals surface area contributed by atoms with Crippen LogP contribution in [0.1, 0.15) is 39.0 Å². The largest absolute Gasteiger partial charge is 0.380 e. The van der Waals surface area contributed by atoms with Crippen LogP contribution in [0, 0.1) is 5.92 Å². The van der Waals surface area contributed by atoms with Gasteiger partial charge in [0.25, 0.3) is 5.56 Å². The molecule has 100 valence electrons. The van der Waals surface area contributed by atoms with Crippen LogP contribution in [0.2, 0.25) is 0 Å². The fraction of sp³-hybridized carbons (Fsp3) is 0.692. The Morgan fingerprint density at radius 2 is 2.33 bits per heavy atom. The number of hydrogen-bond acceptors (Lipinski definition) is 3. The summed E-state index contributed by atoms with van der Waals surface area (Å²) in [6.07, 6.45) is 7.95. The van der Waals surface area contributed by atoms with Crippen LogP contribution in [0.4, 0.5) is 5.69 Å². The van der Waals surface area contributed by atoms with E-state index in [0.29, 0.717) is 10.5 Å². The number of rotatable bonds is 3. The minimum absolute atomic E-state index is 0.0946. The molecule has 1 aliphatic rings. The molecule has 0 spiro atoms. The van der Waals surface area contributed by atoms with Crippen LogP contribution in [0.5, 0.6) is 0 Å². The van der Waals surface area contributed by atoms with E-state index < -0.39 is 0 Å². The summed E-state index contributed by atoms with van der Waals surface area (Å²) in [5.74, 6) is 0.814. The summed E-state index contributed by atoms with van der Waals surface area (Å²) >= 11 is 3.35. The van der Waals surface area contributed by atoms with E-state index in [1.807, 2.05) is 0 Å². The highest BCUT2D eigenvalue weighted by molar-refractivity contribution is 9.10. The van der Waals surface area contributed by atoms with Gasteiger partial charge in [-0.2, -0.15) is 5.10 Å². The Balaban J connectivity index is 2.10. The monoisotopic (exact) mass is 313 g/mol. The maximum Gasteiger partial charge on any atom is 0.282 e. The number of anilines is 1. The van der Waals surface area contributed by atoms with Gasteiger partial charge in [-0.15, -0.1) is 0 Å². The summed E-state index contributed by atoms with van der Waals surface area (Å²) in [6.45, 7) is 2.25. The first-order chi connectivity index (χ1) is 8.61. The highest BCUT2D eigenvalue weighted by Crippen LogP contribution is 2.29. The van der Waals surface area contributed by atoms with Crippen LogP contribution < -0.4 is 10.9 Å². The molecule has 2 atom stereocenters. The normalized spacial score (nSPS) is 23.9. The summed E-state index contributed by atoms with van der Waals surface area (Å²) in [5, 5.41) is 7.51. The Hall–Kier alpha value is -0.840. The van der Waals surface area contributed by atoms with Crippen LogP contribution in [-0.4, -0.2) is 15.8 Å². The van der Waals surface area contributed by atoms with Crippen molar-refractivity contribution in [3.8, 4) is 0 Å². The maximum absolute atomic E-state index is 11.8. The zero-order chi connectivity index (χ0) is 13.1. The summed E-state index contributed by atoms with van der Waals surface area (Å²) in [5.41, 5.74) is 0.725. The Labute approximate surface area is 116 Å². The summed E-state index contributed by atoms with van der Waals surface area (Å²) in [4.78, 5) is 11.8. The van der Waals surface area contributed by atoms with Crippen LogP contribution in [-0.2, 0) is 7.05 Å². The average molecular weight is 314 g/mol. The van der Waals surface area contributed by atoms with Crippen molar-refractivity contribution in [3.05, 3.63) is 21.0 Å². The first kappa shape index (κ1) is 13.6. The topological polar surface area (TPSA) is 46.9 Å². The Morgan fingerprint density at radius 3 is 3.06 bits per heavy atom. The van der Waals surface area contributed by atoms with Gasteiger partial charge >= 0.3 is 0 Å². The smallest absolute Gasteiger partial charge is 0.282 e. The average Bonchev–Trinajstić information content (AvgIpc) is 2.40. The van der Waals surface area contributed by atoms with Crippen LogP contribution in [0.3, 0.4) is 0 Å². The number of halogens is 1. The fourth-order valence-electron chi connectivity index (χ4n) is 2.62. The zero-order valence-corrected chi connectivity index (χ0v) is 12.5. The summed E-state index contributed by atoms with van der Waals surface area (Å²) in [7, 11) is 1.66. The fourth-order valence-corrected chi connectivity index (χ4v) is 3.10. The van der Waals surface area contributed by atoms with Gasteiger partial charge in [0.05, 0.1) is 11.9 Å². The molecule has 1 saturated carbocycles. The lowest BCUT2D eigenvalue weighted by Gasteiger charge is -2.29. The zero-order valence-electron chi connectivity index (χ0n) is 10.9. The van der Waals surface area contributed by atoms with Crippen molar-refractivity contribution in [2.45, 2.75) is 45.1 Å². The lowest BCUT2D eigenvalue weighted by molar-refractivity contribution is 0.327. The molecular weight excluding hydrogens is 294 g/mol. The molecule has 1 heterocycles. The number of nitrogens with one attached hydrogen (secondary N) is 1.